The molecule has 9 unspecified atom stereocenters. The van der Waals surface area contributed by atoms with E-state index in [4.69, 9.17) is 9.47 Å². The highest BCUT2D eigenvalue weighted by Crippen LogP contribution is 2.23. The van der Waals surface area contributed by atoms with Gasteiger partial charge in [-0.2, -0.15) is 0 Å². The molecule has 0 spiro atoms. The van der Waals surface area contributed by atoms with Crippen molar-refractivity contribution in [3.63, 3.8) is 0 Å². The van der Waals surface area contributed by atoms with Crippen molar-refractivity contribution >= 4 is 5.91 Å². The molecule has 0 saturated carbocycles. The minimum Gasteiger partial charge on any atom is -0.394 e. The Morgan fingerprint density at radius 1 is 0.531 bits per heavy atom. The summed E-state index contributed by atoms with van der Waals surface area (Å²) in [7, 11) is 0. The third-order valence-corrected chi connectivity index (χ3v) is 13.3. The molecular weight excluding hydrogens is 811 g/mol. The smallest absolute Gasteiger partial charge is 0.249 e. The van der Waals surface area contributed by atoms with Gasteiger partial charge in [-0.15, -0.1) is 0 Å². The lowest BCUT2D eigenvalue weighted by Crippen LogP contribution is -2.60. The van der Waals surface area contributed by atoms with Crippen molar-refractivity contribution in [3.8, 4) is 0 Å². The van der Waals surface area contributed by atoms with Gasteiger partial charge in [-0.1, -0.05) is 225 Å². The van der Waals surface area contributed by atoms with Crippen LogP contribution in [0.15, 0.2) is 12.2 Å². The summed E-state index contributed by atoms with van der Waals surface area (Å²) in [6, 6.07) is -1.17. The summed E-state index contributed by atoms with van der Waals surface area (Å²) in [6.45, 7) is 3.47. The number of ether oxygens (including phenoxy) is 2. The summed E-state index contributed by atoms with van der Waals surface area (Å²) >= 11 is 0. The molecule has 11 heteroatoms. The monoisotopic (exact) mass is 914 g/mol. The Balaban J connectivity index is 2.36. The van der Waals surface area contributed by atoms with Crippen LogP contribution in [0, 0.1) is 0 Å². The molecule has 1 fully saturated rings. The normalized spacial score (nSPS) is 21.0. The van der Waals surface area contributed by atoms with E-state index in [1.54, 1.807) is 0 Å². The third-order valence-electron chi connectivity index (χ3n) is 13.3. The van der Waals surface area contributed by atoms with Gasteiger partial charge in [0.25, 0.3) is 0 Å². The number of hydrogen-bond donors (Lipinski definition) is 8. The van der Waals surface area contributed by atoms with Gasteiger partial charge in [-0.25, -0.2) is 0 Å². The Hall–Kier alpha value is -1.15. The molecule has 0 aromatic carbocycles. The SMILES string of the molecule is CCCCCCCCCCC/C=C\CCCCCCCCC(O)C(=O)NC(COC1OC(CO)C(O)C(O)C1O)C(O)C(O)CCCCCCCCCCCCCCCCCCCC. The van der Waals surface area contributed by atoms with Gasteiger partial charge in [0, 0.05) is 0 Å². The van der Waals surface area contributed by atoms with Crippen molar-refractivity contribution in [1.29, 1.82) is 0 Å². The summed E-state index contributed by atoms with van der Waals surface area (Å²) in [5.41, 5.74) is 0. The van der Waals surface area contributed by atoms with Crippen molar-refractivity contribution in [2.75, 3.05) is 13.2 Å². The highest BCUT2D eigenvalue weighted by molar-refractivity contribution is 5.80. The largest absolute Gasteiger partial charge is 0.394 e. The maximum absolute atomic E-state index is 13.1. The molecular formula is C53H103NO10. The van der Waals surface area contributed by atoms with Gasteiger partial charge in [0.15, 0.2) is 6.29 Å². The zero-order valence-electron chi connectivity index (χ0n) is 41.3. The molecule has 11 nitrogen and oxygen atoms in total. The molecule has 0 aromatic heterocycles. The molecule has 1 rings (SSSR count). The predicted molar refractivity (Wildman–Crippen MR) is 261 cm³/mol. The van der Waals surface area contributed by atoms with E-state index >= 15 is 0 Å². The van der Waals surface area contributed by atoms with E-state index < -0.39 is 74.2 Å². The first-order valence-electron chi connectivity index (χ1n) is 27.1. The van der Waals surface area contributed by atoms with Gasteiger partial charge in [0.05, 0.1) is 25.4 Å². The van der Waals surface area contributed by atoms with Gasteiger partial charge in [0.1, 0.15) is 36.6 Å². The number of aliphatic hydroxyl groups is 7. The van der Waals surface area contributed by atoms with E-state index in [1.165, 1.54) is 161 Å². The topological polar surface area (TPSA) is 189 Å². The Labute approximate surface area is 392 Å². The van der Waals surface area contributed by atoms with E-state index in [-0.39, 0.29) is 6.42 Å². The highest BCUT2D eigenvalue weighted by atomic mass is 16.7. The minimum absolute atomic E-state index is 0.256. The fraction of sp³-hybridized carbons (Fsp3) is 0.943. The molecule has 1 aliphatic heterocycles. The summed E-state index contributed by atoms with van der Waals surface area (Å²) in [4.78, 5) is 13.1. The molecule has 0 aliphatic carbocycles. The van der Waals surface area contributed by atoms with E-state index in [0.29, 0.717) is 19.3 Å². The maximum Gasteiger partial charge on any atom is 0.249 e. The molecule has 1 amide bonds. The molecule has 0 radical (unpaired) electrons. The first kappa shape index (κ1) is 60.9. The van der Waals surface area contributed by atoms with Crippen LogP contribution in [0.25, 0.3) is 0 Å². The molecule has 1 aliphatic rings. The van der Waals surface area contributed by atoms with E-state index in [0.717, 1.165) is 51.4 Å². The second-order valence-corrected chi connectivity index (χ2v) is 19.3. The fourth-order valence-electron chi connectivity index (χ4n) is 8.85. The number of carbonyl (C=O) groups is 1. The number of unbranched alkanes of at least 4 members (excludes halogenated alkanes) is 32. The second-order valence-electron chi connectivity index (χ2n) is 19.3. The van der Waals surface area contributed by atoms with Crippen molar-refractivity contribution in [3.05, 3.63) is 12.2 Å². The third kappa shape index (κ3) is 31.8. The van der Waals surface area contributed by atoms with Gasteiger partial charge in [-0.05, 0) is 38.5 Å². The summed E-state index contributed by atoms with van der Waals surface area (Å²) < 4.78 is 11.1. The first-order chi connectivity index (χ1) is 31.2. The van der Waals surface area contributed by atoms with Crippen LogP contribution in [0.1, 0.15) is 251 Å². The Kier molecular flexibility index (Phi) is 41.0. The molecule has 0 bridgehead atoms. The number of hydrogen-bond acceptors (Lipinski definition) is 10. The van der Waals surface area contributed by atoms with Crippen molar-refractivity contribution < 1.29 is 50.0 Å². The zero-order chi connectivity index (χ0) is 46.9. The number of amides is 1. The standard InChI is InChI=1S/C53H103NO10/c1-3-5-7-9-11-13-15-17-19-21-23-25-27-29-31-33-35-37-39-41-46(57)52(62)54-44(43-63-53-51(61)50(60)49(59)47(42-55)64-53)48(58)45(56)40-38-36-34-32-30-28-26-24-22-20-18-16-14-12-10-8-6-4-2/h23,25,44-51,53,55-61H,3-22,24,26-43H2,1-2H3,(H,54,62)/b25-23-. The molecule has 1 saturated heterocycles. The number of rotatable bonds is 46. The Bertz CT molecular complexity index is 1050. The number of carbonyl (C=O) groups excluding carboxylic acids is 1. The molecule has 1 heterocycles. The van der Waals surface area contributed by atoms with Crippen LogP contribution < -0.4 is 5.32 Å². The summed E-state index contributed by atoms with van der Waals surface area (Å²) in [6.07, 6.45) is 36.8. The van der Waals surface area contributed by atoms with Crippen LogP contribution in [0.5, 0.6) is 0 Å². The summed E-state index contributed by atoms with van der Waals surface area (Å²) in [5, 5.41) is 76.0. The van der Waals surface area contributed by atoms with Crippen LogP contribution >= 0.6 is 0 Å². The quantitative estimate of drug-likeness (QED) is 0.0216. The number of nitrogens with one attached hydrogen (secondary N) is 1. The van der Waals surface area contributed by atoms with Crippen molar-refractivity contribution in [2.24, 2.45) is 0 Å². The first-order valence-corrected chi connectivity index (χ1v) is 27.1. The summed E-state index contributed by atoms with van der Waals surface area (Å²) in [5.74, 6) is -0.698. The maximum atomic E-state index is 13.1. The van der Waals surface area contributed by atoms with E-state index in [9.17, 15) is 40.5 Å². The Morgan fingerprint density at radius 2 is 0.906 bits per heavy atom. The molecule has 380 valence electrons. The van der Waals surface area contributed by atoms with Gasteiger partial charge in [-0.3, -0.25) is 4.79 Å². The van der Waals surface area contributed by atoms with Crippen LogP contribution in [-0.4, -0.2) is 110 Å². The van der Waals surface area contributed by atoms with Crippen LogP contribution in [-0.2, 0) is 14.3 Å². The molecule has 8 N–H and O–H groups in total. The zero-order valence-corrected chi connectivity index (χ0v) is 41.3. The number of allylic oxidation sites excluding steroid dienone is 2. The van der Waals surface area contributed by atoms with Crippen molar-refractivity contribution in [2.45, 2.75) is 306 Å². The van der Waals surface area contributed by atoms with Crippen LogP contribution in [0.3, 0.4) is 0 Å². The Morgan fingerprint density at radius 3 is 1.31 bits per heavy atom. The lowest BCUT2D eigenvalue weighted by Gasteiger charge is -2.40. The molecule has 9 atom stereocenters. The van der Waals surface area contributed by atoms with Crippen molar-refractivity contribution in [1.82, 2.24) is 5.32 Å². The van der Waals surface area contributed by atoms with Crippen LogP contribution in [0.2, 0.25) is 0 Å². The highest BCUT2D eigenvalue weighted by Gasteiger charge is 2.44. The average molecular weight is 914 g/mol. The fourth-order valence-corrected chi connectivity index (χ4v) is 8.85. The predicted octanol–water partition coefficient (Wildman–Crippen LogP) is 10.4. The van der Waals surface area contributed by atoms with Gasteiger partial charge in [0.2, 0.25) is 5.91 Å². The average Bonchev–Trinajstić information content (AvgIpc) is 3.29. The van der Waals surface area contributed by atoms with E-state index in [2.05, 4.69) is 31.3 Å². The second kappa shape index (κ2) is 43.2. The van der Waals surface area contributed by atoms with Crippen LogP contribution in [0.4, 0.5) is 0 Å². The number of aliphatic hydroxyl groups excluding tert-OH is 7. The van der Waals surface area contributed by atoms with Gasteiger partial charge >= 0.3 is 0 Å². The lowest BCUT2D eigenvalue weighted by molar-refractivity contribution is -0.303. The molecule has 0 aromatic rings. The van der Waals surface area contributed by atoms with E-state index in [1.807, 2.05) is 0 Å². The van der Waals surface area contributed by atoms with Gasteiger partial charge < -0.3 is 50.5 Å². The minimum atomic E-state index is -1.66. The molecule has 64 heavy (non-hydrogen) atoms. The lowest BCUT2D eigenvalue weighted by atomic mass is 9.98.